The zero-order valence-corrected chi connectivity index (χ0v) is 9.51. The van der Waals surface area contributed by atoms with E-state index in [0.29, 0.717) is 5.92 Å². The van der Waals surface area contributed by atoms with Gasteiger partial charge < -0.3 is 5.43 Å². The molecule has 0 bridgehead atoms. The lowest BCUT2D eigenvalue weighted by Gasteiger charge is -2.12. The van der Waals surface area contributed by atoms with Crippen LogP contribution >= 0.6 is 0 Å². The second-order valence-corrected chi connectivity index (χ2v) is 4.19. The summed E-state index contributed by atoms with van der Waals surface area (Å²) in [6.45, 7) is 0.883. The van der Waals surface area contributed by atoms with E-state index >= 15 is 0 Å². The van der Waals surface area contributed by atoms with Crippen LogP contribution in [0.15, 0.2) is 65.8 Å². The first-order valence-corrected chi connectivity index (χ1v) is 5.86. The lowest BCUT2D eigenvalue weighted by molar-refractivity contribution is 0.763. The van der Waals surface area contributed by atoms with Crippen molar-refractivity contribution >= 4 is 5.71 Å². The molecule has 0 saturated carbocycles. The Morgan fingerprint density at radius 1 is 0.882 bits per heavy atom. The van der Waals surface area contributed by atoms with Gasteiger partial charge in [-0.15, -0.1) is 0 Å². The maximum Gasteiger partial charge on any atom is 0.0768 e. The maximum absolute atomic E-state index is 4.43. The number of rotatable bonds is 2. The van der Waals surface area contributed by atoms with E-state index in [4.69, 9.17) is 0 Å². The minimum Gasteiger partial charge on any atom is -0.309 e. The summed E-state index contributed by atoms with van der Waals surface area (Å²) in [5.74, 6) is 0.360. The summed E-state index contributed by atoms with van der Waals surface area (Å²) < 4.78 is 0. The fourth-order valence-corrected chi connectivity index (χ4v) is 2.23. The van der Waals surface area contributed by atoms with Crippen molar-refractivity contribution in [2.24, 2.45) is 5.10 Å². The predicted octanol–water partition coefficient (Wildman–Crippen LogP) is 2.78. The molecule has 0 radical (unpaired) electrons. The molecule has 0 fully saturated rings. The number of benzene rings is 2. The molecule has 0 aromatic heterocycles. The number of nitrogens with zero attached hydrogens (tertiary/aromatic N) is 1. The summed E-state index contributed by atoms with van der Waals surface area (Å²) in [6, 6.07) is 20.9. The van der Waals surface area contributed by atoms with Gasteiger partial charge in [-0.3, -0.25) is 0 Å². The summed E-state index contributed by atoms with van der Waals surface area (Å²) in [7, 11) is 0. The van der Waals surface area contributed by atoms with Crippen LogP contribution in [0.25, 0.3) is 0 Å². The molecule has 2 aromatic rings. The van der Waals surface area contributed by atoms with Crippen LogP contribution in [0.5, 0.6) is 0 Å². The van der Waals surface area contributed by atoms with Crippen LogP contribution in [0.1, 0.15) is 17.0 Å². The summed E-state index contributed by atoms with van der Waals surface area (Å²) >= 11 is 0. The van der Waals surface area contributed by atoms with Crippen molar-refractivity contribution in [2.75, 3.05) is 6.54 Å². The van der Waals surface area contributed by atoms with E-state index in [1.807, 2.05) is 12.1 Å². The molecule has 1 unspecified atom stereocenters. The van der Waals surface area contributed by atoms with E-state index in [1.54, 1.807) is 0 Å². The van der Waals surface area contributed by atoms with Crippen LogP contribution in [0.4, 0.5) is 0 Å². The van der Waals surface area contributed by atoms with Crippen LogP contribution in [-0.4, -0.2) is 12.3 Å². The van der Waals surface area contributed by atoms with Gasteiger partial charge in [0.05, 0.1) is 5.71 Å². The molecule has 1 N–H and O–H groups in total. The summed E-state index contributed by atoms with van der Waals surface area (Å²) in [5.41, 5.74) is 6.76. The van der Waals surface area contributed by atoms with Crippen molar-refractivity contribution in [2.45, 2.75) is 5.92 Å². The maximum atomic E-state index is 4.43. The number of hydrazone groups is 1. The highest BCUT2D eigenvalue weighted by Crippen LogP contribution is 2.24. The van der Waals surface area contributed by atoms with Gasteiger partial charge >= 0.3 is 0 Å². The fraction of sp³-hybridized carbons (Fsp3) is 0.133. The van der Waals surface area contributed by atoms with Crippen molar-refractivity contribution < 1.29 is 0 Å². The van der Waals surface area contributed by atoms with Gasteiger partial charge in [0.2, 0.25) is 0 Å². The monoisotopic (exact) mass is 222 g/mol. The lowest BCUT2D eigenvalue weighted by atomic mass is 9.91. The van der Waals surface area contributed by atoms with E-state index in [9.17, 15) is 0 Å². The molecule has 0 spiro atoms. The quantitative estimate of drug-likeness (QED) is 0.830. The Kier molecular flexibility index (Phi) is 2.62. The average Bonchev–Trinajstić information content (AvgIpc) is 2.90. The minimum atomic E-state index is 0.360. The molecule has 2 nitrogen and oxygen atoms in total. The third kappa shape index (κ3) is 1.94. The van der Waals surface area contributed by atoms with Crippen LogP contribution < -0.4 is 5.43 Å². The van der Waals surface area contributed by atoms with Gasteiger partial charge in [0.15, 0.2) is 0 Å². The second-order valence-electron chi connectivity index (χ2n) is 4.19. The third-order valence-corrected chi connectivity index (χ3v) is 3.10. The molecular weight excluding hydrogens is 208 g/mol. The van der Waals surface area contributed by atoms with E-state index in [0.717, 1.165) is 12.3 Å². The molecule has 84 valence electrons. The van der Waals surface area contributed by atoms with E-state index < -0.39 is 0 Å². The van der Waals surface area contributed by atoms with E-state index in [2.05, 4.69) is 59.1 Å². The van der Waals surface area contributed by atoms with Gasteiger partial charge in [0, 0.05) is 12.5 Å². The third-order valence-electron chi connectivity index (χ3n) is 3.10. The molecule has 2 aromatic carbocycles. The largest absolute Gasteiger partial charge is 0.309 e. The molecule has 1 aliphatic heterocycles. The first kappa shape index (κ1) is 10.1. The topological polar surface area (TPSA) is 24.4 Å². The molecule has 17 heavy (non-hydrogen) atoms. The molecule has 0 amide bonds. The number of nitrogens with one attached hydrogen (secondary N) is 1. The molecule has 1 heterocycles. The van der Waals surface area contributed by atoms with Crippen molar-refractivity contribution in [3.63, 3.8) is 0 Å². The highest BCUT2D eigenvalue weighted by atomic mass is 15.3. The van der Waals surface area contributed by atoms with Crippen LogP contribution in [0.2, 0.25) is 0 Å². The highest BCUT2D eigenvalue weighted by Gasteiger charge is 2.23. The van der Waals surface area contributed by atoms with Crippen molar-refractivity contribution in [1.82, 2.24) is 5.43 Å². The summed E-state index contributed by atoms with van der Waals surface area (Å²) in [4.78, 5) is 0. The molecular formula is C15H14N2. The summed E-state index contributed by atoms with van der Waals surface area (Å²) in [6.07, 6.45) is 0. The summed E-state index contributed by atoms with van der Waals surface area (Å²) in [5, 5.41) is 4.43. The standard InChI is InChI=1S/C15H14N2/c1-3-7-12(8-4-1)14-11-16-17-15(14)13-9-5-2-6-10-13/h1-10,14,16H,11H2. The minimum absolute atomic E-state index is 0.360. The molecule has 1 aliphatic rings. The van der Waals surface area contributed by atoms with Gasteiger partial charge in [-0.05, 0) is 11.1 Å². The Hall–Kier alpha value is -2.09. The Labute approximate surface area is 101 Å². The average molecular weight is 222 g/mol. The molecule has 3 rings (SSSR count). The van der Waals surface area contributed by atoms with Gasteiger partial charge in [-0.1, -0.05) is 60.7 Å². The van der Waals surface area contributed by atoms with Crippen LogP contribution in [-0.2, 0) is 0 Å². The normalized spacial score (nSPS) is 18.6. The Bertz CT molecular complexity index is 517. The van der Waals surface area contributed by atoms with Crippen molar-refractivity contribution in [3.05, 3.63) is 71.8 Å². The molecule has 0 aliphatic carbocycles. The Morgan fingerprint density at radius 3 is 2.24 bits per heavy atom. The zero-order valence-electron chi connectivity index (χ0n) is 9.51. The first-order chi connectivity index (χ1) is 8.45. The van der Waals surface area contributed by atoms with E-state index in [1.165, 1.54) is 11.1 Å². The van der Waals surface area contributed by atoms with Crippen LogP contribution in [0.3, 0.4) is 0 Å². The van der Waals surface area contributed by atoms with Gasteiger partial charge in [0.1, 0.15) is 0 Å². The smallest absolute Gasteiger partial charge is 0.0768 e. The molecule has 0 saturated heterocycles. The van der Waals surface area contributed by atoms with Gasteiger partial charge in [-0.25, -0.2) is 0 Å². The number of hydrogen-bond donors (Lipinski definition) is 1. The Balaban J connectivity index is 1.96. The molecule has 1 atom stereocenters. The highest BCUT2D eigenvalue weighted by molar-refractivity contribution is 6.06. The van der Waals surface area contributed by atoms with Gasteiger partial charge in [0.25, 0.3) is 0 Å². The van der Waals surface area contributed by atoms with Crippen molar-refractivity contribution in [3.8, 4) is 0 Å². The van der Waals surface area contributed by atoms with E-state index in [-0.39, 0.29) is 0 Å². The molecule has 2 heteroatoms. The van der Waals surface area contributed by atoms with Crippen LogP contribution in [0, 0.1) is 0 Å². The fourth-order valence-electron chi connectivity index (χ4n) is 2.23. The SMILES string of the molecule is c1ccc(C2=NNCC2c2ccccc2)cc1. The number of hydrogen-bond acceptors (Lipinski definition) is 2. The van der Waals surface area contributed by atoms with Gasteiger partial charge in [-0.2, -0.15) is 5.10 Å². The Morgan fingerprint density at radius 2 is 1.53 bits per heavy atom. The lowest BCUT2D eigenvalue weighted by Crippen LogP contribution is -2.14. The zero-order chi connectivity index (χ0) is 11.5. The van der Waals surface area contributed by atoms with Crippen molar-refractivity contribution in [1.29, 1.82) is 0 Å². The predicted molar refractivity (Wildman–Crippen MR) is 70.2 cm³/mol. The first-order valence-electron chi connectivity index (χ1n) is 5.86. The second kappa shape index (κ2) is 4.42.